The van der Waals surface area contributed by atoms with E-state index >= 15 is 0 Å². The van der Waals surface area contributed by atoms with Gasteiger partial charge in [0.15, 0.2) is 6.04 Å². The Hall–Kier alpha value is -1.68. The molecule has 1 aliphatic rings. The maximum absolute atomic E-state index is 13.2. The number of hydrogen-bond acceptors (Lipinski definition) is 6. The maximum atomic E-state index is 13.2. The number of sulfonamides is 1. The zero-order chi connectivity index (χ0) is 25.9. The quantitative estimate of drug-likeness (QED) is 0.546. The first-order valence-electron chi connectivity index (χ1n) is 11.5. The van der Waals surface area contributed by atoms with Crippen LogP contribution in [-0.4, -0.2) is 61.0 Å². The maximum Gasteiger partial charge on any atom is 0.331 e. The molecule has 1 heterocycles. The second-order valence-corrected chi connectivity index (χ2v) is 12.9. The summed E-state index contributed by atoms with van der Waals surface area (Å²) in [5.41, 5.74) is -1.40. The van der Waals surface area contributed by atoms with Gasteiger partial charge in [0.1, 0.15) is 5.60 Å². The highest BCUT2D eigenvalue weighted by molar-refractivity contribution is 7.89. The fraction of sp³-hybridized carbons (Fsp3) is 0.667. The summed E-state index contributed by atoms with van der Waals surface area (Å²) in [6, 6.07) is 2.89. The molecular formula is C24H37ClN2O6S. The number of carbonyl (C=O) groups is 2. The van der Waals surface area contributed by atoms with Gasteiger partial charge in [0.2, 0.25) is 10.0 Å². The highest BCUT2D eigenvalue weighted by atomic mass is 35.5. The van der Waals surface area contributed by atoms with Crippen molar-refractivity contribution in [1.82, 2.24) is 9.62 Å². The average Bonchev–Trinajstić information content (AvgIpc) is 2.70. The summed E-state index contributed by atoms with van der Waals surface area (Å²) in [6.45, 7) is 13.2. The van der Waals surface area contributed by atoms with Gasteiger partial charge in [0, 0.05) is 13.1 Å². The van der Waals surface area contributed by atoms with E-state index in [4.69, 9.17) is 21.1 Å². The molecule has 34 heavy (non-hydrogen) atoms. The van der Waals surface area contributed by atoms with Crippen molar-refractivity contribution in [2.45, 2.75) is 96.0 Å². The van der Waals surface area contributed by atoms with Gasteiger partial charge in [0.25, 0.3) is 5.91 Å². The number of halogens is 1. The van der Waals surface area contributed by atoms with Crippen molar-refractivity contribution >= 4 is 33.5 Å². The molecule has 0 bridgehead atoms. The molecule has 0 aliphatic carbocycles. The van der Waals surface area contributed by atoms with Gasteiger partial charge in [-0.1, -0.05) is 18.0 Å². The van der Waals surface area contributed by atoms with Gasteiger partial charge in [-0.05, 0) is 79.5 Å². The SMILES string of the molecule is C[C@H](OC(C)(C)C)[C@H](NC(=O)c1cc(S(=O)(=O)N2CCCCC2)ccc1Cl)C(=O)OC(C)(C)C. The van der Waals surface area contributed by atoms with E-state index in [2.05, 4.69) is 5.32 Å². The molecule has 1 amide bonds. The third-order valence-corrected chi connectivity index (χ3v) is 7.32. The van der Waals surface area contributed by atoms with Crippen LogP contribution < -0.4 is 5.32 Å². The summed E-state index contributed by atoms with van der Waals surface area (Å²) >= 11 is 6.27. The fourth-order valence-electron chi connectivity index (χ4n) is 3.67. The fourth-order valence-corrected chi connectivity index (χ4v) is 5.42. The predicted molar refractivity (Wildman–Crippen MR) is 131 cm³/mol. The summed E-state index contributed by atoms with van der Waals surface area (Å²) in [4.78, 5) is 26.1. The Morgan fingerprint density at radius 3 is 2.15 bits per heavy atom. The van der Waals surface area contributed by atoms with Crippen molar-refractivity contribution in [1.29, 1.82) is 0 Å². The Morgan fingerprint density at radius 2 is 1.62 bits per heavy atom. The number of nitrogens with one attached hydrogen (secondary N) is 1. The highest BCUT2D eigenvalue weighted by Crippen LogP contribution is 2.26. The number of ether oxygens (including phenoxy) is 2. The Kier molecular flexibility index (Phi) is 9.18. The van der Waals surface area contributed by atoms with Crippen LogP contribution in [0.4, 0.5) is 0 Å². The largest absolute Gasteiger partial charge is 0.458 e. The first-order valence-corrected chi connectivity index (χ1v) is 13.3. The Labute approximate surface area is 208 Å². The number of carbonyl (C=O) groups excluding carboxylic acids is 2. The normalized spacial score (nSPS) is 17.6. The minimum atomic E-state index is -3.77. The van der Waals surface area contributed by atoms with E-state index in [0.717, 1.165) is 19.3 Å². The summed E-state index contributed by atoms with van der Waals surface area (Å²) in [6.07, 6.45) is 1.85. The molecule has 1 N–H and O–H groups in total. The topological polar surface area (TPSA) is 102 Å². The first kappa shape index (κ1) is 28.6. The zero-order valence-electron chi connectivity index (χ0n) is 21.1. The summed E-state index contributed by atoms with van der Waals surface area (Å²) in [5.74, 6) is -1.35. The third-order valence-electron chi connectivity index (χ3n) is 5.09. The minimum absolute atomic E-state index is 0.0169. The molecule has 2 atom stereocenters. The molecule has 10 heteroatoms. The third kappa shape index (κ3) is 7.93. The lowest BCUT2D eigenvalue weighted by molar-refractivity contribution is -0.164. The molecule has 0 aromatic heterocycles. The number of rotatable bonds is 7. The van der Waals surface area contributed by atoms with E-state index in [1.165, 1.54) is 22.5 Å². The number of piperidine rings is 1. The van der Waals surface area contributed by atoms with Gasteiger partial charge in [-0.25, -0.2) is 13.2 Å². The van der Waals surface area contributed by atoms with E-state index in [1.54, 1.807) is 27.7 Å². The Balaban J connectivity index is 2.35. The second kappa shape index (κ2) is 10.9. The molecule has 0 spiro atoms. The van der Waals surface area contributed by atoms with Gasteiger partial charge in [-0.15, -0.1) is 0 Å². The van der Waals surface area contributed by atoms with E-state index < -0.39 is 45.2 Å². The van der Waals surface area contributed by atoms with E-state index in [1.807, 2.05) is 20.8 Å². The van der Waals surface area contributed by atoms with Crippen LogP contribution in [0.2, 0.25) is 5.02 Å². The van der Waals surface area contributed by atoms with Crippen LogP contribution in [0.5, 0.6) is 0 Å². The number of nitrogens with zero attached hydrogens (tertiary/aromatic N) is 1. The molecule has 1 aromatic rings. The van der Waals surface area contributed by atoms with Crippen LogP contribution in [-0.2, 0) is 24.3 Å². The standard InChI is InChI=1S/C24H37ClN2O6S/c1-16(32-23(2,3)4)20(22(29)33-24(5,6)7)26-21(28)18-15-17(11-12-19(18)25)34(30,31)27-13-9-8-10-14-27/h11-12,15-16,20H,8-10,13-14H2,1-7H3,(H,26,28)/t16-,20-/m0/s1. The number of amides is 1. The van der Waals surface area contributed by atoms with Gasteiger partial charge in [-0.2, -0.15) is 4.31 Å². The van der Waals surface area contributed by atoms with Crippen LogP contribution in [0, 0.1) is 0 Å². The van der Waals surface area contributed by atoms with Gasteiger partial charge in [0.05, 0.1) is 27.2 Å². The number of benzene rings is 1. The van der Waals surface area contributed by atoms with Crippen LogP contribution in [0.1, 0.15) is 78.1 Å². The molecule has 1 aromatic carbocycles. The lowest BCUT2D eigenvalue weighted by Crippen LogP contribution is -2.52. The van der Waals surface area contributed by atoms with E-state index in [0.29, 0.717) is 13.1 Å². The number of esters is 1. The van der Waals surface area contributed by atoms with Gasteiger partial charge in [-0.3, -0.25) is 4.79 Å². The predicted octanol–water partition coefficient (Wildman–Crippen LogP) is 4.16. The molecule has 2 rings (SSSR count). The molecular weight excluding hydrogens is 480 g/mol. The number of hydrogen-bond donors (Lipinski definition) is 1. The molecule has 1 saturated heterocycles. The Bertz CT molecular complexity index is 992. The molecule has 1 fully saturated rings. The zero-order valence-corrected chi connectivity index (χ0v) is 22.7. The molecule has 0 saturated carbocycles. The highest BCUT2D eigenvalue weighted by Gasteiger charge is 2.35. The minimum Gasteiger partial charge on any atom is -0.458 e. The van der Waals surface area contributed by atoms with Crippen molar-refractivity contribution in [3.05, 3.63) is 28.8 Å². The lowest BCUT2D eigenvalue weighted by Gasteiger charge is -2.32. The van der Waals surface area contributed by atoms with Crippen LogP contribution >= 0.6 is 11.6 Å². The summed E-state index contributed by atoms with van der Waals surface area (Å²) in [5, 5.41) is 2.72. The van der Waals surface area contributed by atoms with Gasteiger partial charge < -0.3 is 14.8 Å². The first-order chi connectivity index (χ1) is 15.5. The lowest BCUT2D eigenvalue weighted by atomic mass is 10.1. The van der Waals surface area contributed by atoms with Crippen molar-refractivity contribution < 1.29 is 27.5 Å². The van der Waals surface area contributed by atoms with Crippen LogP contribution in [0.15, 0.2) is 23.1 Å². The molecule has 192 valence electrons. The second-order valence-electron chi connectivity index (χ2n) is 10.5. The molecule has 1 aliphatic heterocycles. The molecule has 8 nitrogen and oxygen atoms in total. The van der Waals surface area contributed by atoms with Gasteiger partial charge >= 0.3 is 5.97 Å². The molecule has 0 radical (unpaired) electrons. The smallest absolute Gasteiger partial charge is 0.331 e. The summed E-state index contributed by atoms with van der Waals surface area (Å²) < 4.78 is 39.0. The average molecular weight is 517 g/mol. The Morgan fingerprint density at radius 1 is 1.03 bits per heavy atom. The van der Waals surface area contributed by atoms with Crippen LogP contribution in [0.25, 0.3) is 0 Å². The monoisotopic (exact) mass is 516 g/mol. The van der Waals surface area contributed by atoms with Crippen molar-refractivity contribution in [3.63, 3.8) is 0 Å². The molecule has 0 unspecified atom stereocenters. The van der Waals surface area contributed by atoms with E-state index in [-0.39, 0.29) is 15.5 Å². The summed E-state index contributed by atoms with van der Waals surface area (Å²) in [7, 11) is -3.77. The van der Waals surface area contributed by atoms with Crippen molar-refractivity contribution in [3.8, 4) is 0 Å². The van der Waals surface area contributed by atoms with Crippen molar-refractivity contribution in [2.24, 2.45) is 0 Å². The van der Waals surface area contributed by atoms with Crippen molar-refractivity contribution in [2.75, 3.05) is 13.1 Å². The van der Waals surface area contributed by atoms with Crippen LogP contribution in [0.3, 0.4) is 0 Å². The van der Waals surface area contributed by atoms with E-state index in [9.17, 15) is 18.0 Å².